The molecule has 0 saturated heterocycles. The maximum absolute atomic E-state index is 14.2. The van der Waals surface area contributed by atoms with Gasteiger partial charge in [-0.25, -0.2) is 9.18 Å². The number of rotatable bonds is 6. The standard InChI is InChI=1S/C22H19F5N2O4/c1-4-29-11-15(21(31)32-13-7-5-12(6-8-13)10-28(2)3)19(30)14-9-16(23)17(24)20(18(14)29)33-22(25,26)27/h5-9,11H,4,10H2,1-3H3. The summed E-state index contributed by atoms with van der Waals surface area (Å²) in [5.74, 6) is -6.12. The van der Waals surface area contributed by atoms with E-state index in [9.17, 15) is 31.5 Å². The summed E-state index contributed by atoms with van der Waals surface area (Å²) in [4.78, 5) is 27.4. The number of pyridine rings is 1. The number of aryl methyl sites for hydroxylation is 1. The smallest absolute Gasteiger partial charge is 0.423 e. The number of benzene rings is 2. The van der Waals surface area contributed by atoms with E-state index in [2.05, 4.69) is 4.74 Å². The topological polar surface area (TPSA) is 60.8 Å². The van der Waals surface area contributed by atoms with Crippen molar-refractivity contribution >= 4 is 16.9 Å². The zero-order valence-corrected chi connectivity index (χ0v) is 17.8. The number of aromatic nitrogens is 1. The van der Waals surface area contributed by atoms with Gasteiger partial charge in [0.2, 0.25) is 11.2 Å². The summed E-state index contributed by atoms with van der Waals surface area (Å²) >= 11 is 0. The molecule has 3 rings (SSSR count). The fraction of sp³-hybridized carbons (Fsp3) is 0.273. The Morgan fingerprint density at radius 2 is 1.76 bits per heavy atom. The Morgan fingerprint density at radius 1 is 1.12 bits per heavy atom. The number of hydrogen-bond donors (Lipinski definition) is 0. The van der Waals surface area contributed by atoms with Crippen molar-refractivity contribution in [2.45, 2.75) is 26.4 Å². The van der Waals surface area contributed by atoms with Gasteiger partial charge in [-0.1, -0.05) is 12.1 Å². The molecule has 0 amide bonds. The average Bonchev–Trinajstić information content (AvgIpc) is 2.72. The maximum atomic E-state index is 14.2. The summed E-state index contributed by atoms with van der Waals surface area (Å²) in [5.41, 5.74) is -1.39. The molecule has 6 nitrogen and oxygen atoms in total. The molecule has 0 aliphatic heterocycles. The van der Waals surface area contributed by atoms with Crippen LogP contribution in [0.1, 0.15) is 22.8 Å². The van der Waals surface area contributed by atoms with Crippen molar-refractivity contribution in [3.63, 3.8) is 0 Å². The van der Waals surface area contributed by atoms with Gasteiger partial charge < -0.3 is 18.9 Å². The van der Waals surface area contributed by atoms with Crippen LogP contribution in [0.4, 0.5) is 22.0 Å². The van der Waals surface area contributed by atoms with Gasteiger partial charge in [0.05, 0.1) is 10.9 Å². The molecule has 0 N–H and O–H groups in total. The first kappa shape index (κ1) is 24.2. The predicted octanol–water partition coefficient (Wildman–Crippen LogP) is 4.48. The zero-order valence-electron chi connectivity index (χ0n) is 17.8. The number of nitrogens with zero attached hydrogens (tertiary/aromatic N) is 2. The van der Waals surface area contributed by atoms with Gasteiger partial charge in [0.15, 0.2) is 11.6 Å². The first-order valence-electron chi connectivity index (χ1n) is 9.68. The lowest BCUT2D eigenvalue weighted by Gasteiger charge is -2.17. The van der Waals surface area contributed by atoms with E-state index in [-0.39, 0.29) is 12.3 Å². The monoisotopic (exact) mass is 470 g/mol. The number of carbonyl (C=O) groups excluding carboxylic acids is 1. The molecule has 2 aromatic carbocycles. The second-order valence-corrected chi connectivity index (χ2v) is 7.37. The van der Waals surface area contributed by atoms with Crippen LogP contribution in [-0.2, 0) is 13.1 Å². The van der Waals surface area contributed by atoms with Gasteiger partial charge in [0.25, 0.3) is 0 Å². The molecule has 0 saturated carbocycles. The molecule has 0 spiro atoms. The molecular formula is C22H19F5N2O4. The molecule has 0 atom stereocenters. The highest BCUT2D eigenvalue weighted by Crippen LogP contribution is 2.34. The van der Waals surface area contributed by atoms with E-state index in [1.165, 1.54) is 19.1 Å². The number of esters is 1. The third-order valence-corrected chi connectivity index (χ3v) is 4.62. The highest BCUT2D eigenvalue weighted by molar-refractivity contribution is 5.96. The predicted molar refractivity (Wildman–Crippen MR) is 109 cm³/mol. The number of fused-ring (bicyclic) bond motifs is 1. The van der Waals surface area contributed by atoms with Gasteiger partial charge in [-0.2, -0.15) is 4.39 Å². The van der Waals surface area contributed by atoms with Crippen molar-refractivity contribution in [3.8, 4) is 11.5 Å². The Hall–Kier alpha value is -3.47. The molecule has 0 radical (unpaired) electrons. The van der Waals surface area contributed by atoms with Crippen LogP contribution in [0.5, 0.6) is 11.5 Å². The van der Waals surface area contributed by atoms with Gasteiger partial charge >= 0.3 is 12.3 Å². The van der Waals surface area contributed by atoms with Crippen molar-refractivity contribution < 1.29 is 36.2 Å². The van der Waals surface area contributed by atoms with E-state index >= 15 is 0 Å². The highest BCUT2D eigenvalue weighted by Gasteiger charge is 2.35. The number of carbonyl (C=O) groups is 1. The van der Waals surface area contributed by atoms with Crippen LogP contribution < -0.4 is 14.9 Å². The quantitative estimate of drug-likeness (QED) is 0.302. The number of alkyl halides is 3. The Bertz CT molecular complexity index is 1250. The number of hydrogen-bond acceptors (Lipinski definition) is 5. The average molecular weight is 470 g/mol. The van der Waals surface area contributed by atoms with Crippen molar-refractivity contribution in [1.29, 1.82) is 0 Å². The van der Waals surface area contributed by atoms with Gasteiger partial charge in [-0.05, 0) is 44.8 Å². The minimum Gasteiger partial charge on any atom is -0.423 e. The fourth-order valence-corrected chi connectivity index (χ4v) is 3.27. The lowest BCUT2D eigenvalue weighted by Crippen LogP contribution is -2.25. The minimum atomic E-state index is -5.34. The Labute approximate surface area is 184 Å². The van der Waals surface area contributed by atoms with Gasteiger partial charge in [-0.15, -0.1) is 13.2 Å². The van der Waals surface area contributed by atoms with Gasteiger partial charge in [0, 0.05) is 19.3 Å². The molecule has 0 unspecified atom stereocenters. The summed E-state index contributed by atoms with van der Waals surface area (Å²) in [6.07, 6.45) is -4.42. The van der Waals surface area contributed by atoms with E-state index in [1.54, 1.807) is 12.1 Å². The van der Waals surface area contributed by atoms with Crippen LogP contribution in [0.25, 0.3) is 10.9 Å². The van der Waals surface area contributed by atoms with Crippen LogP contribution in [0.2, 0.25) is 0 Å². The van der Waals surface area contributed by atoms with Crippen molar-refractivity contribution in [3.05, 3.63) is 69.5 Å². The molecule has 0 fully saturated rings. The van der Waals surface area contributed by atoms with Crippen LogP contribution >= 0.6 is 0 Å². The molecule has 11 heteroatoms. The first-order chi connectivity index (χ1) is 15.4. The Balaban J connectivity index is 2.07. The Kier molecular flexibility index (Phi) is 6.73. The van der Waals surface area contributed by atoms with Crippen molar-refractivity contribution in [2.24, 2.45) is 0 Å². The second-order valence-electron chi connectivity index (χ2n) is 7.37. The van der Waals surface area contributed by atoms with E-state index < -0.39 is 51.6 Å². The fourth-order valence-electron chi connectivity index (χ4n) is 3.27. The highest BCUT2D eigenvalue weighted by atomic mass is 19.4. The second kappa shape index (κ2) is 9.18. The summed E-state index contributed by atoms with van der Waals surface area (Å²) in [6.45, 7) is 2.03. The molecule has 0 aliphatic rings. The van der Waals surface area contributed by atoms with E-state index in [4.69, 9.17) is 4.74 Å². The molecule has 3 aromatic rings. The van der Waals surface area contributed by atoms with Crippen molar-refractivity contribution in [2.75, 3.05) is 14.1 Å². The summed E-state index contributed by atoms with van der Waals surface area (Å²) < 4.78 is 76.4. The lowest BCUT2D eigenvalue weighted by atomic mass is 10.1. The van der Waals surface area contributed by atoms with E-state index in [1.807, 2.05) is 19.0 Å². The molecule has 176 valence electrons. The van der Waals surface area contributed by atoms with Gasteiger partial charge in [-0.3, -0.25) is 4.79 Å². The van der Waals surface area contributed by atoms with E-state index in [0.29, 0.717) is 12.6 Å². The largest absolute Gasteiger partial charge is 0.573 e. The molecule has 0 bridgehead atoms. The molecule has 0 aliphatic carbocycles. The number of ether oxygens (including phenoxy) is 2. The first-order valence-corrected chi connectivity index (χ1v) is 9.68. The van der Waals surface area contributed by atoms with Crippen LogP contribution in [0, 0.1) is 11.6 Å². The molecule has 1 heterocycles. The minimum absolute atomic E-state index is 0.0877. The van der Waals surface area contributed by atoms with Crippen LogP contribution in [-0.4, -0.2) is 35.9 Å². The van der Waals surface area contributed by atoms with E-state index in [0.717, 1.165) is 16.3 Å². The molecule has 33 heavy (non-hydrogen) atoms. The third kappa shape index (κ3) is 5.30. The number of halogens is 5. The van der Waals surface area contributed by atoms with Crippen molar-refractivity contribution in [1.82, 2.24) is 9.47 Å². The van der Waals surface area contributed by atoms with Crippen LogP contribution in [0.3, 0.4) is 0 Å². The lowest BCUT2D eigenvalue weighted by molar-refractivity contribution is -0.275. The summed E-state index contributed by atoms with van der Waals surface area (Å²) in [5, 5.41) is -0.661. The van der Waals surface area contributed by atoms with Crippen LogP contribution in [0.15, 0.2) is 41.3 Å². The maximum Gasteiger partial charge on any atom is 0.573 e. The summed E-state index contributed by atoms with van der Waals surface area (Å²) in [6, 6.07) is 6.88. The molecular weight excluding hydrogens is 451 g/mol. The molecule has 1 aromatic heterocycles. The zero-order chi connectivity index (χ0) is 24.5. The SMILES string of the molecule is CCn1cc(C(=O)Oc2ccc(CN(C)C)cc2)c(=O)c2cc(F)c(F)c(OC(F)(F)F)c21. The third-order valence-electron chi connectivity index (χ3n) is 4.62. The van der Waals surface area contributed by atoms with Gasteiger partial charge in [0.1, 0.15) is 11.3 Å². The normalized spacial score (nSPS) is 11.8. The Morgan fingerprint density at radius 3 is 2.30 bits per heavy atom. The summed E-state index contributed by atoms with van der Waals surface area (Å²) in [7, 11) is 3.76.